The second kappa shape index (κ2) is 6.57. The van der Waals surface area contributed by atoms with Crippen LogP contribution in [0.15, 0.2) is 30.3 Å². The molecule has 1 atom stereocenters. The van der Waals surface area contributed by atoms with Crippen LogP contribution in [-0.2, 0) is 0 Å². The number of para-hydroxylation sites is 1. The molecule has 18 heavy (non-hydrogen) atoms. The second-order valence-corrected chi connectivity index (χ2v) is 4.76. The van der Waals surface area contributed by atoms with Crippen LogP contribution in [0.1, 0.15) is 12.5 Å². The van der Waals surface area contributed by atoms with Crippen molar-refractivity contribution >= 4 is 6.08 Å². The first-order chi connectivity index (χ1) is 8.79. The molecule has 0 saturated carbocycles. The molecule has 1 aliphatic heterocycles. The maximum atomic E-state index is 5.33. The summed E-state index contributed by atoms with van der Waals surface area (Å²) in [6, 6.07) is 8.70. The minimum Gasteiger partial charge on any atom is -0.496 e. The number of rotatable bonds is 4. The Hall–Kier alpha value is -1.32. The smallest absolute Gasteiger partial charge is 0.126 e. The lowest BCUT2D eigenvalue weighted by molar-refractivity contribution is 0.227. The van der Waals surface area contributed by atoms with Gasteiger partial charge in [-0.3, -0.25) is 4.90 Å². The van der Waals surface area contributed by atoms with Gasteiger partial charge in [0.05, 0.1) is 7.11 Å². The number of hydrogen-bond donors (Lipinski definition) is 1. The molecule has 3 nitrogen and oxygen atoms in total. The maximum Gasteiger partial charge on any atom is 0.126 e. The summed E-state index contributed by atoms with van der Waals surface area (Å²) in [7, 11) is 1.71. The quantitative estimate of drug-likeness (QED) is 0.879. The fourth-order valence-electron chi connectivity index (χ4n) is 2.31. The Labute approximate surface area is 109 Å². The normalized spacial score (nSPS) is 21.3. The molecule has 1 N–H and O–H groups in total. The third-order valence-corrected chi connectivity index (χ3v) is 3.25. The first-order valence-electron chi connectivity index (χ1n) is 6.55. The van der Waals surface area contributed by atoms with E-state index >= 15 is 0 Å². The molecule has 2 rings (SSSR count). The summed E-state index contributed by atoms with van der Waals surface area (Å²) in [4.78, 5) is 2.47. The zero-order valence-corrected chi connectivity index (χ0v) is 11.2. The first-order valence-corrected chi connectivity index (χ1v) is 6.55. The van der Waals surface area contributed by atoms with Crippen LogP contribution in [0, 0.1) is 0 Å². The van der Waals surface area contributed by atoms with E-state index in [2.05, 4.69) is 35.4 Å². The van der Waals surface area contributed by atoms with Crippen LogP contribution in [-0.4, -0.2) is 44.2 Å². The zero-order valence-electron chi connectivity index (χ0n) is 11.2. The van der Waals surface area contributed by atoms with Crippen molar-refractivity contribution < 1.29 is 4.74 Å². The van der Waals surface area contributed by atoms with E-state index in [0.717, 1.165) is 37.5 Å². The zero-order chi connectivity index (χ0) is 12.8. The average molecular weight is 246 g/mol. The predicted octanol–water partition coefficient (Wildman–Crippen LogP) is 2.00. The molecule has 0 aromatic heterocycles. The highest BCUT2D eigenvalue weighted by Crippen LogP contribution is 2.18. The Morgan fingerprint density at radius 1 is 1.44 bits per heavy atom. The van der Waals surface area contributed by atoms with E-state index in [1.54, 1.807) is 7.11 Å². The summed E-state index contributed by atoms with van der Waals surface area (Å²) < 4.78 is 5.33. The van der Waals surface area contributed by atoms with Crippen LogP contribution in [0.5, 0.6) is 5.75 Å². The van der Waals surface area contributed by atoms with Crippen molar-refractivity contribution in [1.29, 1.82) is 0 Å². The van der Waals surface area contributed by atoms with E-state index in [1.807, 2.05) is 18.2 Å². The molecular weight excluding hydrogens is 224 g/mol. The minimum absolute atomic E-state index is 0.596. The Bertz CT molecular complexity index is 403. The van der Waals surface area contributed by atoms with Gasteiger partial charge >= 0.3 is 0 Å². The third kappa shape index (κ3) is 3.59. The molecular formula is C15H22N2O. The summed E-state index contributed by atoms with van der Waals surface area (Å²) in [6.45, 7) is 6.57. The third-order valence-electron chi connectivity index (χ3n) is 3.25. The molecule has 0 amide bonds. The maximum absolute atomic E-state index is 5.33. The molecule has 1 aromatic rings. The van der Waals surface area contributed by atoms with Crippen molar-refractivity contribution in [2.75, 3.05) is 33.3 Å². The van der Waals surface area contributed by atoms with E-state index in [9.17, 15) is 0 Å². The Balaban J connectivity index is 1.90. The van der Waals surface area contributed by atoms with Crippen LogP contribution in [0.4, 0.5) is 0 Å². The number of benzene rings is 1. The lowest BCUT2D eigenvalue weighted by Gasteiger charge is -2.30. The average Bonchev–Trinajstić information content (AvgIpc) is 2.39. The first kappa shape index (κ1) is 13.1. The van der Waals surface area contributed by atoms with Gasteiger partial charge in [-0.05, 0) is 13.0 Å². The molecule has 1 aromatic carbocycles. The number of ether oxygens (including phenoxy) is 1. The van der Waals surface area contributed by atoms with E-state index in [4.69, 9.17) is 4.74 Å². The highest BCUT2D eigenvalue weighted by molar-refractivity contribution is 5.57. The molecule has 0 unspecified atom stereocenters. The SMILES string of the molecule is COc1ccccc1/C=C/CN1CCN[C@H](C)C1. The fourth-order valence-corrected chi connectivity index (χ4v) is 2.31. The van der Waals surface area contributed by atoms with E-state index in [-0.39, 0.29) is 0 Å². The topological polar surface area (TPSA) is 24.5 Å². The number of nitrogens with one attached hydrogen (secondary N) is 1. The van der Waals surface area contributed by atoms with Gasteiger partial charge < -0.3 is 10.1 Å². The molecule has 3 heteroatoms. The summed E-state index contributed by atoms with van der Waals surface area (Å²) in [5.41, 5.74) is 1.14. The van der Waals surface area contributed by atoms with Crippen LogP contribution >= 0.6 is 0 Å². The molecule has 1 fully saturated rings. The van der Waals surface area contributed by atoms with Gasteiger partial charge in [0.25, 0.3) is 0 Å². The van der Waals surface area contributed by atoms with Gasteiger partial charge in [-0.15, -0.1) is 0 Å². The van der Waals surface area contributed by atoms with E-state index in [1.165, 1.54) is 0 Å². The molecule has 1 aliphatic rings. The summed E-state index contributed by atoms with van der Waals surface area (Å²) in [5, 5.41) is 3.45. The minimum atomic E-state index is 0.596. The lowest BCUT2D eigenvalue weighted by Crippen LogP contribution is -2.49. The van der Waals surface area contributed by atoms with Crippen LogP contribution < -0.4 is 10.1 Å². The van der Waals surface area contributed by atoms with Crippen molar-refractivity contribution in [1.82, 2.24) is 10.2 Å². The van der Waals surface area contributed by atoms with E-state index < -0.39 is 0 Å². The van der Waals surface area contributed by atoms with Gasteiger partial charge in [0.15, 0.2) is 0 Å². The van der Waals surface area contributed by atoms with Crippen LogP contribution in [0.3, 0.4) is 0 Å². The van der Waals surface area contributed by atoms with Crippen LogP contribution in [0.2, 0.25) is 0 Å². The summed E-state index contributed by atoms with van der Waals surface area (Å²) in [6.07, 6.45) is 4.36. The van der Waals surface area contributed by atoms with Gasteiger partial charge in [0, 0.05) is 37.8 Å². The van der Waals surface area contributed by atoms with Crippen molar-refractivity contribution in [2.45, 2.75) is 13.0 Å². The number of piperazine rings is 1. The standard InChI is InChI=1S/C15H22N2O/c1-13-12-17(11-9-16-13)10-5-7-14-6-3-4-8-15(14)18-2/h3-8,13,16H,9-12H2,1-2H3/b7-5+/t13-/m1/s1. The molecule has 1 heterocycles. The van der Waals surface area contributed by atoms with Gasteiger partial charge in [-0.1, -0.05) is 30.4 Å². The second-order valence-electron chi connectivity index (χ2n) is 4.76. The monoisotopic (exact) mass is 246 g/mol. The van der Waals surface area contributed by atoms with Crippen molar-refractivity contribution in [3.63, 3.8) is 0 Å². The molecule has 0 bridgehead atoms. The van der Waals surface area contributed by atoms with Gasteiger partial charge in [-0.25, -0.2) is 0 Å². The van der Waals surface area contributed by atoms with Crippen LogP contribution in [0.25, 0.3) is 6.08 Å². The number of nitrogens with zero attached hydrogens (tertiary/aromatic N) is 1. The largest absolute Gasteiger partial charge is 0.496 e. The number of hydrogen-bond acceptors (Lipinski definition) is 3. The van der Waals surface area contributed by atoms with Crippen molar-refractivity contribution in [2.24, 2.45) is 0 Å². The molecule has 0 aliphatic carbocycles. The molecule has 0 spiro atoms. The van der Waals surface area contributed by atoms with Gasteiger partial charge in [0.1, 0.15) is 5.75 Å². The number of methoxy groups -OCH3 is 1. The van der Waals surface area contributed by atoms with Crippen molar-refractivity contribution in [3.8, 4) is 5.75 Å². The van der Waals surface area contributed by atoms with Gasteiger partial charge in [-0.2, -0.15) is 0 Å². The summed E-state index contributed by atoms with van der Waals surface area (Å²) >= 11 is 0. The fraction of sp³-hybridized carbons (Fsp3) is 0.467. The highest BCUT2D eigenvalue weighted by atomic mass is 16.5. The Kier molecular flexibility index (Phi) is 4.79. The van der Waals surface area contributed by atoms with Gasteiger partial charge in [0.2, 0.25) is 0 Å². The Morgan fingerprint density at radius 2 is 2.28 bits per heavy atom. The highest BCUT2D eigenvalue weighted by Gasteiger charge is 2.13. The van der Waals surface area contributed by atoms with Crippen molar-refractivity contribution in [3.05, 3.63) is 35.9 Å². The predicted molar refractivity (Wildman–Crippen MR) is 75.9 cm³/mol. The molecule has 0 radical (unpaired) electrons. The van der Waals surface area contributed by atoms with E-state index in [0.29, 0.717) is 6.04 Å². The molecule has 1 saturated heterocycles. The lowest BCUT2D eigenvalue weighted by atomic mass is 10.2. The molecule has 98 valence electrons. The Morgan fingerprint density at radius 3 is 3.06 bits per heavy atom. The summed E-state index contributed by atoms with van der Waals surface area (Å²) in [5.74, 6) is 0.933.